The van der Waals surface area contributed by atoms with Gasteiger partial charge in [0.1, 0.15) is 11.5 Å². The van der Waals surface area contributed by atoms with Gasteiger partial charge in [0.15, 0.2) is 0 Å². The van der Waals surface area contributed by atoms with Crippen LogP contribution in [0.1, 0.15) is 19.5 Å². The van der Waals surface area contributed by atoms with Crippen LogP contribution in [0.15, 0.2) is 12.3 Å². The first-order chi connectivity index (χ1) is 8.10. The number of likely N-dealkylation sites (N-methyl/N-ethyl adjacent to an activating group) is 1. The molecule has 6 heteroatoms. The number of nitrogens with one attached hydrogen (secondary N) is 1. The Morgan fingerprint density at radius 2 is 2.35 bits per heavy atom. The zero-order chi connectivity index (χ0) is 12.8. The van der Waals surface area contributed by atoms with Gasteiger partial charge in [0, 0.05) is 19.9 Å². The molecule has 0 aliphatic carbocycles. The molecular weight excluding hydrogens is 218 g/mol. The number of nitrogens with two attached hydrogens (primary N) is 1. The zero-order valence-electron chi connectivity index (χ0n) is 10.5. The number of methoxy groups -OCH3 is 1. The Labute approximate surface area is 101 Å². The van der Waals surface area contributed by atoms with E-state index in [1.165, 1.54) is 0 Å². The number of hydrogen-bond donors (Lipinski definition) is 2. The monoisotopic (exact) mass is 237 g/mol. The van der Waals surface area contributed by atoms with Crippen molar-refractivity contribution in [2.75, 3.05) is 25.2 Å². The van der Waals surface area contributed by atoms with Crippen LogP contribution in [0.25, 0.3) is 0 Å². The van der Waals surface area contributed by atoms with Gasteiger partial charge < -0.3 is 15.4 Å². The number of hydrogen-bond acceptors (Lipinski definition) is 5. The van der Waals surface area contributed by atoms with Crippen LogP contribution in [-0.4, -0.2) is 42.1 Å². The fraction of sp³-hybridized carbons (Fsp3) is 0.545. The quantitative estimate of drug-likeness (QED) is 0.559. The Hall–Kier alpha value is -1.69. The van der Waals surface area contributed by atoms with Crippen molar-refractivity contribution in [1.82, 2.24) is 9.97 Å². The predicted molar refractivity (Wildman–Crippen MR) is 67.4 cm³/mol. The van der Waals surface area contributed by atoms with E-state index in [2.05, 4.69) is 9.97 Å². The summed E-state index contributed by atoms with van der Waals surface area (Å²) in [6.45, 7) is 5.43. The molecule has 0 bridgehead atoms. The van der Waals surface area contributed by atoms with E-state index in [9.17, 15) is 0 Å². The van der Waals surface area contributed by atoms with Crippen LogP contribution in [0.2, 0.25) is 0 Å². The highest BCUT2D eigenvalue weighted by Crippen LogP contribution is 2.11. The first-order valence-electron chi connectivity index (χ1n) is 5.53. The highest BCUT2D eigenvalue weighted by atomic mass is 16.5. The van der Waals surface area contributed by atoms with Crippen molar-refractivity contribution >= 4 is 11.8 Å². The van der Waals surface area contributed by atoms with Crippen molar-refractivity contribution < 1.29 is 4.74 Å². The summed E-state index contributed by atoms with van der Waals surface area (Å²) >= 11 is 0. The zero-order valence-corrected chi connectivity index (χ0v) is 10.5. The molecule has 0 amide bonds. The highest BCUT2D eigenvalue weighted by molar-refractivity contribution is 5.93. The summed E-state index contributed by atoms with van der Waals surface area (Å²) in [6, 6.07) is 1.80. The summed E-state index contributed by atoms with van der Waals surface area (Å²) in [7, 11) is 1.66. The van der Waals surface area contributed by atoms with Crippen molar-refractivity contribution in [2.45, 2.75) is 19.9 Å². The maximum absolute atomic E-state index is 7.36. The van der Waals surface area contributed by atoms with Gasteiger partial charge in [-0.1, -0.05) is 0 Å². The number of rotatable bonds is 6. The van der Waals surface area contributed by atoms with E-state index in [-0.39, 0.29) is 11.9 Å². The largest absolute Gasteiger partial charge is 0.383 e. The fourth-order valence-electron chi connectivity index (χ4n) is 1.62. The van der Waals surface area contributed by atoms with Crippen molar-refractivity contribution in [1.29, 1.82) is 5.41 Å². The molecule has 1 aromatic rings. The second-order valence-electron chi connectivity index (χ2n) is 3.75. The Kier molecular flexibility index (Phi) is 4.84. The molecule has 0 spiro atoms. The number of nitrogens with zero attached hydrogens (tertiary/aromatic N) is 3. The molecule has 0 saturated heterocycles. The van der Waals surface area contributed by atoms with Crippen LogP contribution in [0.4, 0.5) is 5.95 Å². The van der Waals surface area contributed by atoms with Crippen LogP contribution >= 0.6 is 0 Å². The predicted octanol–water partition coefficient (Wildman–Crippen LogP) is 0.622. The average molecular weight is 237 g/mol. The first kappa shape index (κ1) is 13.4. The molecule has 94 valence electrons. The number of amidine groups is 1. The summed E-state index contributed by atoms with van der Waals surface area (Å²) in [5, 5.41) is 7.36. The van der Waals surface area contributed by atoms with E-state index in [4.69, 9.17) is 15.9 Å². The maximum Gasteiger partial charge on any atom is 0.226 e. The third kappa shape index (κ3) is 3.39. The fourth-order valence-corrected chi connectivity index (χ4v) is 1.62. The van der Waals surface area contributed by atoms with Gasteiger partial charge >= 0.3 is 0 Å². The van der Waals surface area contributed by atoms with Crippen LogP contribution < -0.4 is 10.6 Å². The summed E-state index contributed by atoms with van der Waals surface area (Å²) < 4.78 is 5.12. The number of nitrogen functional groups attached to an aromatic ring is 1. The van der Waals surface area contributed by atoms with Gasteiger partial charge in [-0.05, 0) is 19.9 Å². The first-order valence-corrected chi connectivity index (χ1v) is 5.53. The van der Waals surface area contributed by atoms with E-state index in [1.54, 1.807) is 19.4 Å². The molecule has 1 aromatic heterocycles. The molecule has 1 unspecified atom stereocenters. The van der Waals surface area contributed by atoms with E-state index < -0.39 is 0 Å². The topological polar surface area (TPSA) is 88.1 Å². The van der Waals surface area contributed by atoms with Crippen LogP contribution in [0, 0.1) is 5.41 Å². The minimum atomic E-state index is -0.0518. The summed E-state index contributed by atoms with van der Waals surface area (Å²) in [4.78, 5) is 10.5. The summed E-state index contributed by atoms with van der Waals surface area (Å²) in [5.74, 6) is 0.522. The molecule has 0 radical (unpaired) electrons. The Morgan fingerprint density at radius 1 is 1.65 bits per heavy atom. The normalized spacial score (nSPS) is 12.2. The number of aromatic nitrogens is 2. The van der Waals surface area contributed by atoms with Gasteiger partial charge in [0.2, 0.25) is 5.95 Å². The molecule has 0 aromatic carbocycles. The van der Waals surface area contributed by atoms with Gasteiger partial charge in [0.25, 0.3) is 0 Å². The number of ether oxygens (including phenoxy) is 1. The molecular formula is C11H19N5O. The molecule has 6 nitrogen and oxygen atoms in total. The van der Waals surface area contributed by atoms with Crippen LogP contribution in [-0.2, 0) is 4.74 Å². The molecule has 0 aliphatic heterocycles. The molecule has 1 rings (SSSR count). The molecule has 0 aliphatic rings. The highest BCUT2D eigenvalue weighted by Gasteiger charge is 2.15. The SMILES string of the molecule is CCN(c1nccc(C(=N)N)n1)C(C)COC. The van der Waals surface area contributed by atoms with Gasteiger partial charge in [-0.25, -0.2) is 9.97 Å². The third-order valence-electron chi connectivity index (χ3n) is 2.46. The second-order valence-corrected chi connectivity index (χ2v) is 3.75. The number of anilines is 1. The van der Waals surface area contributed by atoms with Crippen molar-refractivity contribution in [3.8, 4) is 0 Å². The van der Waals surface area contributed by atoms with Gasteiger partial charge in [-0.2, -0.15) is 0 Å². The minimum absolute atomic E-state index is 0.0518. The second kappa shape index (κ2) is 6.15. The van der Waals surface area contributed by atoms with E-state index in [0.717, 1.165) is 6.54 Å². The van der Waals surface area contributed by atoms with E-state index in [1.807, 2.05) is 18.7 Å². The van der Waals surface area contributed by atoms with Gasteiger partial charge in [-0.3, -0.25) is 5.41 Å². The molecule has 17 heavy (non-hydrogen) atoms. The van der Waals surface area contributed by atoms with Crippen molar-refractivity contribution in [2.24, 2.45) is 5.73 Å². The Balaban J connectivity index is 2.95. The summed E-state index contributed by atoms with van der Waals surface area (Å²) in [5.41, 5.74) is 5.85. The molecule has 3 N–H and O–H groups in total. The van der Waals surface area contributed by atoms with Crippen LogP contribution in [0.5, 0.6) is 0 Å². The van der Waals surface area contributed by atoms with E-state index >= 15 is 0 Å². The van der Waals surface area contributed by atoms with Crippen molar-refractivity contribution in [3.63, 3.8) is 0 Å². The Bertz CT molecular complexity index is 382. The third-order valence-corrected chi connectivity index (χ3v) is 2.46. The lowest BCUT2D eigenvalue weighted by molar-refractivity contribution is 0.181. The molecule has 1 atom stereocenters. The van der Waals surface area contributed by atoms with Crippen molar-refractivity contribution in [3.05, 3.63) is 18.0 Å². The lowest BCUT2D eigenvalue weighted by Crippen LogP contribution is -2.37. The lowest BCUT2D eigenvalue weighted by atomic mass is 10.3. The van der Waals surface area contributed by atoms with E-state index in [0.29, 0.717) is 18.2 Å². The van der Waals surface area contributed by atoms with Gasteiger partial charge in [0.05, 0.1) is 12.6 Å². The smallest absolute Gasteiger partial charge is 0.226 e. The van der Waals surface area contributed by atoms with Crippen LogP contribution in [0.3, 0.4) is 0 Å². The molecule has 1 heterocycles. The average Bonchev–Trinajstić information content (AvgIpc) is 2.30. The lowest BCUT2D eigenvalue weighted by Gasteiger charge is -2.27. The summed E-state index contributed by atoms with van der Waals surface area (Å²) in [6.07, 6.45) is 1.61. The maximum atomic E-state index is 7.36. The Morgan fingerprint density at radius 3 is 2.88 bits per heavy atom. The minimum Gasteiger partial charge on any atom is -0.383 e. The molecule has 0 fully saturated rings. The standard InChI is InChI=1S/C11H19N5O/c1-4-16(8(2)7-17-3)11-14-6-5-9(15-11)10(12)13/h5-6,8H,4,7H2,1-3H3,(H3,12,13). The molecule has 0 saturated carbocycles. The van der Waals surface area contributed by atoms with Gasteiger partial charge in [-0.15, -0.1) is 0 Å².